The van der Waals surface area contributed by atoms with E-state index in [0.29, 0.717) is 20.1 Å². The topological polar surface area (TPSA) is 43.1 Å². The molecule has 1 amide bonds. The van der Waals surface area contributed by atoms with Crippen LogP contribution in [0.15, 0.2) is 58.4 Å². The first kappa shape index (κ1) is 13.5. The summed E-state index contributed by atoms with van der Waals surface area (Å²) in [4.78, 5) is 11.4. The molecule has 20 heavy (non-hydrogen) atoms. The fourth-order valence-corrected chi connectivity index (χ4v) is 5.76. The van der Waals surface area contributed by atoms with E-state index in [-0.39, 0.29) is 5.91 Å². The first-order valence-corrected chi connectivity index (χ1v) is 8.93. The van der Waals surface area contributed by atoms with Gasteiger partial charge in [-0.25, -0.2) is 0 Å². The van der Waals surface area contributed by atoms with E-state index in [1.807, 2.05) is 18.2 Å². The van der Waals surface area contributed by atoms with Crippen LogP contribution < -0.4 is 5.73 Å². The van der Waals surface area contributed by atoms with Crippen LogP contribution in [0.4, 0.5) is 0 Å². The van der Waals surface area contributed by atoms with Crippen molar-refractivity contribution in [2.75, 3.05) is 0 Å². The molecule has 0 aliphatic rings. The Bertz CT molecular complexity index is 733. The Morgan fingerprint density at radius 3 is 2.65 bits per heavy atom. The second kappa shape index (κ2) is 5.88. The second-order valence-corrected chi connectivity index (χ2v) is 8.29. The second-order valence-electron chi connectivity index (χ2n) is 4.41. The van der Waals surface area contributed by atoms with E-state index in [0.717, 1.165) is 11.3 Å². The Hall–Kier alpha value is -1.48. The minimum atomic E-state index is -0.351. The van der Waals surface area contributed by atoms with Crippen LogP contribution in [0, 0.1) is 0 Å². The zero-order valence-corrected chi connectivity index (χ0v) is 13.2. The molecule has 0 saturated heterocycles. The van der Waals surface area contributed by atoms with Gasteiger partial charge >= 0.3 is 128 Å². The Kier molecular flexibility index (Phi) is 3.97. The fraction of sp³-hybridized carbons (Fsp3) is 0.0625. The molecule has 0 fully saturated rings. The summed E-state index contributed by atoms with van der Waals surface area (Å²) in [6.45, 7) is 0. The van der Waals surface area contributed by atoms with Gasteiger partial charge in [0.1, 0.15) is 0 Å². The molecule has 1 heterocycles. The molecule has 0 spiro atoms. The van der Waals surface area contributed by atoms with Gasteiger partial charge < -0.3 is 0 Å². The third-order valence-electron chi connectivity index (χ3n) is 3.06. The van der Waals surface area contributed by atoms with Crippen molar-refractivity contribution in [1.29, 1.82) is 0 Å². The number of rotatable bonds is 4. The van der Waals surface area contributed by atoms with Crippen molar-refractivity contribution in [3.05, 3.63) is 65.7 Å². The molecule has 1 aromatic heterocycles. The molecule has 2 nitrogen and oxygen atoms in total. The molecule has 2 aromatic carbocycles. The van der Waals surface area contributed by atoms with Crippen LogP contribution in [0.5, 0.6) is 0 Å². The Balaban J connectivity index is 1.81. The van der Waals surface area contributed by atoms with Crippen molar-refractivity contribution < 1.29 is 4.79 Å². The summed E-state index contributed by atoms with van der Waals surface area (Å²) in [6.07, 6.45) is 0. The number of hydrogen-bond acceptors (Lipinski definition) is 2. The number of thioether (sulfide) groups is 1. The number of benzene rings is 2. The van der Waals surface area contributed by atoms with E-state index in [9.17, 15) is 4.79 Å². The van der Waals surface area contributed by atoms with Crippen LogP contribution in [0.2, 0.25) is 0 Å². The van der Waals surface area contributed by atoms with Gasteiger partial charge in [0, 0.05) is 0 Å². The maximum absolute atomic E-state index is 11.4. The normalized spacial score (nSPS) is 10.8. The van der Waals surface area contributed by atoms with Gasteiger partial charge in [0.2, 0.25) is 0 Å². The molecule has 4 heteroatoms. The molecule has 3 aromatic rings. The van der Waals surface area contributed by atoms with Crippen LogP contribution in [0.1, 0.15) is 15.9 Å². The molecule has 0 radical (unpaired) electrons. The zero-order chi connectivity index (χ0) is 13.9. The monoisotopic (exact) mass is 347 g/mol. The van der Waals surface area contributed by atoms with Gasteiger partial charge in [-0.1, -0.05) is 0 Å². The van der Waals surface area contributed by atoms with Gasteiger partial charge in [-0.15, -0.1) is 0 Å². The van der Waals surface area contributed by atoms with Crippen LogP contribution >= 0.6 is 11.8 Å². The number of primary amides is 1. The molecule has 2 N–H and O–H groups in total. The summed E-state index contributed by atoms with van der Waals surface area (Å²) in [5.41, 5.74) is 7.05. The number of hydrogen-bond donors (Lipinski definition) is 1. The Morgan fingerprint density at radius 1 is 1.10 bits per heavy atom. The van der Waals surface area contributed by atoms with Crippen molar-refractivity contribution in [3.63, 3.8) is 0 Å². The fourth-order valence-electron chi connectivity index (χ4n) is 2.06. The van der Waals surface area contributed by atoms with Crippen LogP contribution in [-0.4, -0.2) is 20.4 Å². The van der Waals surface area contributed by atoms with E-state index in [1.54, 1.807) is 17.8 Å². The summed E-state index contributed by atoms with van der Waals surface area (Å²) >= 11 is 2.20. The van der Waals surface area contributed by atoms with Crippen molar-refractivity contribution >= 4 is 41.8 Å². The summed E-state index contributed by atoms with van der Waals surface area (Å²) in [7, 11) is 0. The SMILES string of the molecule is NC(=O)c1ccccc1CSc1cc2ccccc2[se]1. The number of carbonyl (C=O) groups excluding carboxylic acids is 1. The van der Waals surface area contributed by atoms with E-state index < -0.39 is 0 Å². The van der Waals surface area contributed by atoms with Gasteiger partial charge in [0.15, 0.2) is 0 Å². The van der Waals surface area contributed by atoms with Crippen LogP contribution in [0.25, 0.3) is 9.65 Å². The van der Waals surface area contributed by atoms with Crippen molar-refractivity contribution in [2.45, 2.75) is 9.52 Å². The number of amides is 1. The quantitative estimate of drug-likeness (QED) is 0.582. The van der Waals surface area contributed by atoms with Crippen molar-refractivity contribution in [1.82, 2.24) is 0 Å². The van der Waals surface area contributed by atoms with Gasteiger partial charge in [-0.05, 0) is 0 Å². The predicted molar refractivity (Wildman–Crippen MR) is 85.4 cm³/mol. The van der Waals surface area contributed by atoms with Crippen LogP contribution in [0.3, 0.4) is 0 Å². The molecule has 0 aliphatic heterocycles. The third kappa shape index (κ3) is 2.83. The van der Waals surface area contributed by atoms with Gasteiger partial charge in [-0.2, -0.15) is 0 Å². The molecule has 3 rings (SSSR count). The van der Waals surface area contributed by atoms with E-state index in [1.165, 1.54) is 13.4 Å². The molecule has 100 valence electrons. The van der Waals surface area contributed by atoms with Gasteiger partial charge in [0.25, 0.3) is 0 Å². The Morgan fingerprint density at radius 2 is 1.85 bits per heavy atom. The predicted octanol–water partition coefficient (Wildman–Crippen LogP) is 3.29. The first-order chi connectivity index (χ1) is 9.74. The van der Waals surface area contributed by atoms with Crippen LogP contribution in [-0.2, 0) is 5.75 Å². The van der Waals surface area contributed by atoms with Gasteiger partial charge in [0.05, 0.1) is 0 Å². The minimum absolute atomic E-state index is 0.351. The first-order valence-electron chi connectivity index (χ1n) is 6.23. The molecule has 0 saturated carbocycles. The third-order valence-corrected chi connectivity index (χ3v) is 7.00. The maximum atomic E-state index is 11.4. The van der Waals surface area contributed by atoms with Crippen molar-refractivity contribution in [2.24, 2.45) is 5.73 Å². The van der Waals surface area contributed by atoms with Crippen molar-refractivity contribution in [3.8, 4) is 0 Å². The van der Waals surface area contributed by atoms with E-state index in [2.05, 4.69) is 30.3 Å². The molecule has 0 aliphatic carbocycles. The molecule has 0 unspecified atom stereocenters. The summed E-state index contributed by atoms with van der Waals surface area (Å²) in [5, 5.41) is 1.33. The van der Waals surface area contributed by atoms with Gasteiger partial charge in [-0.3, -0.25) is 0 Å². The summed E-state index contributed by atoms with van der Waals surface area (Å²) in [6, 6.07) is 18.3. The average Bonchev–Trinajstić information content (AvgIpc) is 2.88. The molecule has 0 atom stereocenters. The molecular formula is C16H13NOSSe. The Labute approximate surface area is 127 Å². The number of fused-ring (bicyclic) bond motifs is 1. The number of nitrogens with two attached hydrogens (primary N) is 1. The summed E-state index contributed by atoms with van der Waals surface area (Å²) < 4.78 is 2.84. The van der Waals surface area contributed by atoms with E-state index in [4.69, 9.17) is 5.73 Å². The van der Waals surface area contributed by atoms with E-state index >= 15 is 0 Å². The molecule has 0 bridgehead atoms. The zero-order valence-electron chi connectivity index (χ0n) is 10.7. The standard InChI is InChI=1S/C16H13NOSSe/c17-16(18)13-7-3-1-6-12(13)10-19-15-9-11-5-2-4-8-14(11)20-15/h1-9H,10H2,(H2,17,18). The number of carbonyl (C=O) groups is 1. The molecular weight excluding hydrogens is 333 g/mol. The summed E-state index contributed by atoms with van der Waals surface area (Å²) in [5.74, 6) is 0.441. The average molecular weight is 346 g/mol.